The summed E-state index contributed by atoms with van der Waals surface area (Å²) in [6.07, 6.45) is 3.36. The molecule has 3 N–H and O–H groups in total. The first-order chi connectivity index (χ1) is 9.65. The molecular formula is C14H21N3O3. The van der Waals surface area contributed by atoms with Crippen molar-refractivity contribution in [2.24, 2.45) is 5.92 Å². The van der Waals surface area contributed by atoms with Gasteiger partial charge in [-0.25, -0.2) is 9.78 Å². The van der Waals surface area contributed by atoms with E-state index in [0.29, 0.717) is 23.8 Å². The zero-order valence-corrected chi connectivity index (χ0v) is 11.7. The van der Waals surface area contributed by atoms with Crippen LogP contribution in [0.25, 0.3) is 0 Å². The first kappa shape index (κ1) is 14.6. The number of rotatable bonds is 4. The average molecular weight is 279 g/mol. The molecule has 0 amide bonds. The molecule has 0 saturated carbocycles. The van der Waals surface area contributed by atoms with Crippen molar-refractivity contribution < 1.29 is 14.6 Å². The van der Waals surface area contributed by atoms with Gasteiger partial charge in [-0.15, -0.1) is 0 Å². The van der Waals surface area contributed by atoms with Crippen LogP contribution in [0.2, 0.25) is 0 Å². The SMILES string of the molecule is CCOC(=O)c1cc(N2CCC(CO)CC2)ncc1N. The Morgan fingerprint density at radius 1 is 1.55 bits per heavy atom. The maximum absolute atomic E-state index is 11.8. The van der Waals surface area contributed by atoms with Crippen LogP contribution in [-0.2, 0) is 4.74 Å². The number of carbonyl (C=O) groups excluding carboxylic acids is 1. The summed E-state index contributed by atoms with van der Waals surface area (Å²) in [5.41, 5.74) is 6.47. The van der Waals surface area contributed by atoms with Gasteiger partial charge in [0.2, 0.25) is 0 Å². The molecule has 1 aromatic heterocycles. The predicted molar refractivity (Wildman–Crippen MR) is 76.6 cm³/mol. The zero-order chi connectivity index (χ0) is 14.5. The topological polar surface area (TPSA) is 88.7 Å². The second kappa shape index (κ2) is 6.56. The highest BCUT2D eigenvalue weighted by Gasteiger charge is 2.21. The fourth-order valence-corrected chi connectivity index (χ4v) is 2.36. The van der Waals surface area contributed by atoms with E-state index in [1.54, 1.807) is 13.0 Å². The van der Waals surface area contributed by atoms with Crippen molar-refractivity contribution in [2.75, 3.05) is 36.9 Å². The number of carbonyl (C=O) groups is 1. The van der Waals surface area contributed by atoms with Crippen molar-refractivity contribution in [3.8, 4) is 0 Å². The van der Waals surface area contributed by atoms with Crippen molar-refractivity contribution >= 4 is 17.5 Å². The first-order valence-electron chi connectivity index (χ1n) is 6.94. The molecule has 1 aliphatic rings. The fourth-order valence-electron chi connectivity index (χ4n) is 2.36. The van der Waals surface area contributed by atoms with E-state index in [4.69, 9.17) is 15.6 Å². The highest BCUT2D eigenvalue weighted by Crippen LogP contribution is 2.24. The summed E-state index contributed by atoms with van der Waals surface area (Å²) in [5, 5.41) is 9.15. The van der Waals surface area contributed by atoms with Gasteiger partial charge in [0.15, 0.2) is 0 Å². The van der Waals surface area contributed by atoms with Gasteiger partial charge in [0.25, 0.3) is 0 Å². The summed E-state index contributed by atoms with van der Waals surface area (Å²) in [5.74, 6) is 0.682. The summed E-state index contributed by atoms with van der Waals surface area (Å²) >= 11 is 0. The summed E-state index contributed by atoms with van der Waals surface area (Å²) in [6.45, 7) is 3.96. The van der Waals surface area contributed by atoms with Crippen LogP contribution in [0.4, 0.5) is 11.5 Å². The van der Waals surface area contributed by atoms with Crippen LogP contribution in [0, 0.1) is 5.92 Å². The summed E-state index contributed by atoms with van der Waals surface area (Å²) in [7, 11) is 0. The van der Waals surface area contributed by atoms with Gasteiger partial charge in [0, 0.05) is 19.7 Å². The molecule has 110 valence electrons. The van der Waals surface area contributed by atoms with Crippen LogP contribution >= 0.6 is 0 Å². The number of aliphatic hydroxyl groups excluding tert-OH is 1. The van der Waals surface area contributed by atoms with Gasteiger partial charge in [-0.3, -0.25) is 0 Å². The molecule has 0 aromatic carbocycles. The van der Waals surface area contributed by atoms with Crippen LogP contribution in [0.3, 0.4) is 0 Å². The monoisotopic (exact) mass is 279 g/mol. The molecule has 1 saturated heterocycles. The molecule has 0 bridgehead atoms. The van der Waals surface area contributed by atoms with Crippen molar-refractivity contribution in [3.63, 3.8) is 0 Å². The highest BCUT2D eigenvalue weighted by molar-refractivity contribution is 5.95. The predicted octanol–water partition coefficient (Wildman–Crippen LogP) is 1.05. The Kier molecular flexibility index (Phi) is 4.79. The molecule has 0 unspecified atom stereocenters. The number of aromatic nitrogens is 1. The molecule has 2 rings (SSSR count). The maximum atomic E-state index is 11.8. The first-order valence-corrected chi connectivity index (χ1v) is 6.94. The minimum atomic E-state index is -0.418. The lowest BCUT2D eigenvalue weighted by molar-refractivity contribution is 0.0527. The van der Waals surface area contributed by atoms with E-state index < -0.39 is 5.97 Å². The quantitative estimate of drug-likeness (QED) is 0.801. The zero-order valence-electron chi connectivity index (χ0n) is 11.7. The second-order valence-electron chi connectivity index (χ2n) is 4.96. The normalized spacial score (nSPS) is 16.2. The standard InChI is InChI=1S/C14H21N3O3/c1-2-20-14(19)11-7-13(16-8-12(11)15)17-5-3-10(9-18)4-6-17/h7-8,10,18H,2-6,9,15H2,1H3. The Labute approximate surface area is 118 Å². The molecule has 1 aromatic rings. The molecule has 1 fully saturated rings. The Morgan fingerprint density at radius 3 is 2.85 bits per heavy atom. The molecule has 0 atom stereocenters. The minimum absolute atomic E-state index is 0.233. The average Bonchev–Trinajstić information content (AvgIpc) is 2.48. The molecular weight excluding hydrogens is 258 g/mol. The molecule has 1 aliphatic heterocycles. The number of piperidine rings is 1. The number of hydrogen-bond donors (Lipinski definition) is 2. The summed E-state index contributed by atoms with van der Waals surface area (Å²) in [6, 6.07) is 1.69. The number of nitrogen functional groups attached to an aromatic ring is 1. The molecule has 0 aliphatic carbocycles. The van der Waals surface area contributed by atoms with Crippen LogP contribution < -0.4 is 10.6 Å². The maximum Gasteiger partial charge on any atom is 0.340 e. The third kappa shape index (κ3) is 3.19. The van der Waals surface area contributed by atoms with Crippen LogP contribution in [0.5, 0.6) is 0 Å². The van der Waals surface area contributed by atoms with E-state index in [0.717, 1.165) is 31.7 Å². The van der Waals surface area contributed by atoms with Gasteiger partial charge in [-0.05, 0) is 31.7 Å². The number of anilines is 2. The number of hydrogen-bond acceptors (Lipinski definition) is 6. The minimum Gasteiger partial charge on any atom is -0.462 e. The van der Waals surface area contributed by atoms with Crippen molar-refractivity contribution in [1.29, 1.82) is 0 Å². The number of ether oxygens (including phenoxy) is 1. The third-order valence-corrected chi connectivity index (χ3v) is 3.61. The van der Waals surface area contributed by atoms with Gasteiger partial charge in [0.1, 0.15) is 5.82 Å². The Morgan fingerprint density at radius 2 is 2.25 bits per heavy atom. The number of pyridine rings is 1. The Balaban J connectivity index is 2.13. The number of aliphatic hydroxyl groups is 1. The van der Waals surface area contributed by atoms with E-state index in [1.807, 2.05) is 0 Å². The van der Waals surface area contributed by atoms with Gasteiger partial charge >= 0.3 is 5.97 Å². The second-order valence-corrected chi connectivity index (χ2v) is 4.96. The fraction of sp³-hybridized carbons (Fsp3) is 0.571. The van der Waals surface area contributed by atoms with Gasteiger partial charge in [-0.2, -0.15) is 0 Å². The number of esters is 1. The molecule has 0 radical (unpaired) electrons. The van der Waals surface area contributed by atoms with Crippen LogP contribution in [-0.4, -0.2) is 42.4 Å². The van der Waals surface area contributed by atoms with Crippen LogP contribution in [0.1, 0.15) is 30.1 Å². The Bertz CT molecular complexity index is 471. The number of nitrogens with zero attached hydrogens (tertiary/aromatic N) is 2. The van der Waals surface area contributed by atoms with Gasteiger partial charge in [-0.1, -0.05) is 0 Å². The Hall–Kier alpha value is -1.82. The smallest absolute Gasteiger partial charge is 0.340 e. The van der Waals surface area contributed by atoms with E-state index in [-0.39, 0.29) is 6.61 Å². The largest absolute Gasteiger partial charge is 0.462 e. The van der Waals surface area contributed by atoms with E-state index in [1.165, 1.54) is 6.20 Å². The molecule has 20 heavy (non-hydrogen) atoms. The van der Waals surface area contributed by atoms with E-state index in [2.05, 4.69) is 9.88 Å². The lowest BCUT2D eigenvalue weighted by atomic mass is 9.98. The van der Waals surface area contributed by atoms with Gasteiger partial charge < -0.3 is 20.5 Å². The van der Waals surface area contributed by atoms with Crippen LogP contribution in [0.15, 0.2) is 12.3 Å². The van der Waals surface area contributed by atoms with E-state index in [9.17, 15) is 4.79 Å². The van der Waals surface area contributed by atoms with Gasteiger partial charge in [0.05, 0.1) is 24.1 Å². The molecule has 6 nitrogen and oxygen atoms in total. The number of nitrogens with two attached hydrogens (primary N) is 1. The molecule has 2 heterocycles. The third-order valence-electron chi connectivity index (χ3n) is 3.61. The lowest BCUT2D eigenvalue weighted by Gasteiger charge is -2.32. The molecule has 6 heteroatoms. The van der Waals surface area contributed by atoms with Crippen molar-refractivity contribution in [3.05, 3.63) is 17.8 Å². The summed E-state index contributed by atoms with van der Waals surface area (Å²) < 4.78 is 4.99. The van der Waals surface area contributed by atoms with E-state index >= 15 is 0 Å². The summed E-state index contributed by atoms with van der Waals surface area (Å²) in [4.78, 5) is 18.2. The molecule has 0 spiro atoms. The van der Waals surface area contributed by atoms with Crippen molar-refractivity contribution in [1.82, 2.24) is 4.98 Å². The van der Waals surface area contributed by atoms with Crippen molar-refractivity contribution in [2.45, 2.75) is 19.8 Å². The highest BCUT2D eigenvalue weighted by atomic mass is 16.5. The lowest BCUT2D eigenvalue weighted by Crippen LogP contribution is -2.35.